The van der Waals surface area contributed by atoms with Gasteiger partial charge in [-0.05, 0) is 63.2 Å². The van der Waals surface area contributed by atoms with Crippen molar-refractivity contribution in [3.05, 3.63) is 57.7 Å². The number of rotatable bonds is 0. The van der Waals surface area contributed by atoms with E-state index >= 15 is 0 Å². The van der Waals surface area contributed by atoms with Gasteiger partial charge in [-0.2, -0.15) is 0 Å². The van der Waals surface area contributed by atoms with Crippen LogP contribution in [0.5, 0.6) is 0 Å². The van der Waals surface area contributed by atoms with Crippen LogP contribution in [-0.2, 0) is 0 Å². The SMILES string of the molecule is Cc1ccc2c(ccc3cc(I)ccc32)c1. The fourth-order valence-corrected chi connectivity index (χ4v) is 2.68. The molecule has 3 rings (SSSR count). The first-order chi connectivity index (χ1) is 7.74. The monoisotopic (exact) mass is 318 g/mol. The summed E-state index contributed by atoms with van der Waals surface area (Å²) in [5.74, 6) is 0. The fraction of sp³-hybridized carbons (Fsp3) is 0.0667. The molecule has 0 amide bonds. The molecule has 0 saturated heterocycles. The highest BCUT2D eigenvalue weighted by atomic mass is 127. The molecule has 0 heterocycles. The average Bonchev–Trinajstić information content (AvgIpc) is 2.28. The van der Waals surface area contributed by atoms with Crippen LogP contribution >= 0.6 is 22.6 Å². The minimum Gasteiger partial charge on any atom is -0.0587 e. The molecule has 3 aromatic carbocycles. The lowest BCUT2D eigenvalue weighted by Crippen LogP contribution is -1.80. The predicted molar refractivity (Wildman–Crippen MR) is 78.9 cm³/mol. The summed E-state index contributed by atoms with van der Waals surface area (Å²) in [5, 5.41) is 5.34. The largest absolute Gasteiger partial charge is 0.0587 e. The Hall–Kier alpha value is -1.09. The molecule has 3 aromatic rings. The highest BCUT2D eigenvalue weighted by Gasteiger charge is 2.00. The molecule has 0 aliphatic heterocycles. The summed E-state index contributed by atoms with van der Waals surface area (Å²) in [5.41, 5.74) is 1.32. The number of benzene rings is 3. The van der Waals surface area contributed by atoms with Crippen LogP contribution in [0.25, 0.3) is 21.5 Å². The third kappa shape index (κ3) is 1.59. The lowest BCUT2D eigenvalue weighted by Gasteiger charge is -2.05. The maximum absolute atomic E-state index is 2.36. The summed E-state index contributed by atoms with van der Waals surface area (Å²) in [7, 11) is 0. The zero-order valence-corrected chi connectivity index (χ0v) is 11.2. The van der Waals surface area contributed by atoms with Gasteiger partial charge in [0.25, 0.3) is 0 Å². The lowest BCUT2D eigenvalue weighted by atomic mass is 10.0. The van der Waals surface area contributed by atoms with Crippen LogP contribution in [0.3, 0.4) is 0 Å². The summed E-state index contributed by atoms with van der Waals surface area (Å²) >= 11 is 2.36. The topological polar surface area (TPSA) is 0 Å². The Bertz CT molecular complexity index is 623. The van der Waals surface area contributed by atoms with Gasteiger partial charge in [0.15, 0.2) is 0 Å². The smallest absolute Gasteiger partial charge is 0.0136 e. The lowest BCUT2D eigenvalue weighted by molar-refractivity contribution is 1.51. The van der Waals surface area contributed by atoms with E-state index < -0.39 is 0 Å². The quantitative estimate of drug-likeness (QED) is 0.408. The van der Waals surface area contributed by atoms with Crippen LogP contribution in [0.2, 0.25) is 0 Å². The molecule has 0 spiro atoms. The number of hydrogen-bond donors (Lipinski definition) is 0. The molecule has 0 fully saturated rings. The van der Waals surface area contributed by atoms with Crippen molar-refractivity contribution < 1.29 is 0 Å². The molecule has 0 atom stereocenters. The first kappa shape index (κ1) is 10.1. The van der Waals surface area contributed by atoms with Crippen LogP contribution in [0.4, 0.5) is 0 Å². The average molecular weight is 318 g/mol. The Balaban J connectivity index is 2.50. The Morgan fingerprint density at radius 3 is 2.12 bits per heavy atom. The van der Waals surface area contributed by atoms with Gasteiger partial charge in [-0.15, -0.1) is 0 Å². The molecule has 0 unspecified atom stereocenters. The summed E-state index contributed by atoms with van der Waals surface area (Å²) in [4.78, 5) is 0. The molecule has 0 nitrogen and oxygen atoms in total. The van der Waals surface area contributed by atoms with Gasteiger partial charge in [0.05, 0.1) is 0 Å². The number of hydrogen-bond acceptors (Lipinski definition) is 0. The maximum Gasteiger partial charge on any atom is 0.0136 e. The zero-order valence-electron chi connectivity index (χ0n) is 9.00. The van der Waals surface area contributed by atoms with E-state index in [9.17, 15) is 0 Å². The van der Waals surface area contributed by atoms with E-state index in [0.29, 0.717) is 0 Å². The molecule has 0 aromatic heterocycles. The predicted octanol–water partition coefficient (Wildman–Crippen LogP) is 4.91. The molecular formula is C15H11I. The summed E-state index contributed by atoms with van der Waals surface area (Å²) in [6.07, 6.45) is 0. The van der Waals surface area contributed by atoms with Crippen LogP contribution < -0.4 is 0 Å². The minimum absolute atomic E-state index is 1.29. The molecular weight excluding hydrogens is 307 g/mol. The normalized spacial score (nSPS) is 11.1. The van der Waals surface area contributed by atoms with Gasteiger partial charge in [0.2, 0.25) is 0 Å². The molecule has 0 N–H and O–H groups in total. The van der Waals surface area contributed by atoms with E-state index in [2.05, 4.69) is 78.0 Å². The minimum atomic E-state index is 1.29. The van der Waals surface area contributed by atoms with Crippen LogP contribution in [0, 0.1) is 10.5 Å². The Morgan fingerprint density at radius 2 is 1.38 bits per heavy atom. The Morgan fingerprint density at radius 1 is 0.750 bits per heavy atom. The van der Waals surface area contributed by atoms with Crippen molar-refractivity contribution in [2.45, 2.75) is 6.92 Å². The molecule has 1 heteroatoms. The molecule has 16 heavy (non-hydrogen) atoms. The van der Waals surface area contributed by atoms with Crippen LogP contribution in [0.15, 0.2) is 48.5 Å². The zero-order chi connectivity index (χ0) is 11.1. The number of aryl methyl sites for hydroxylation is 1. The van der Waals surface area contributed by atoms with Crippen molar-refractivity contribution in [2.24, 2.45) is 0 Å². The van der Waals surface area contributed by atoms with Crippen molar-refractivity contribution in [1.29, 1.82) is 0 Å². The van der Waals surface area contributed by atoms with Gasteiger partial charge in [-0.25, -0.2) is 0 Å². The second kappa shape index (κ2) is 3.74. The number of halogens is 1. The third-order valence-corrected chi connectivity index (χ3v) is 3.62. The van der Waals surface area contributed by atoms with Crippen molar-refractivity contribution in [1.82, 2.24) is 0 Å². The summed E-state index contributed by atoms with van der Waals surface area (Å²) in [6.45, 7) is 2.14. The third-order valence-electron chi connectivity index (χ3n) is 2.95. The van der Waals surface area contributed by atoms with Gasteiger partial charge < -0.3 is 0 Å². The van der Waals surface area contributed by atoms with E-state index in [1.165, 1.54) is 30.7 Å². The Labute approximate surface area is 108 Å². The van der Waals surface area contributed by atoms with E-state index in [1.54, 1.807) is 0 Å². The van der Waals surface area contributed by atoms with Gasteiger partial charge in [0, 0.05) is 3.57 Å². The Kier molecular flexibility index (Phi) is 2.36. The van der Waals surface area contributed by atoms with E-state index in [-0.39, 0.29) is 0 Å². The van der Waals surface area contributed by atoms with Gasteiger partial charge in [0.1, 0.15) is 0 Å². The van der Waals surface area contributed by atoms with Crippen molar-refractivity contribution in [3.63, 3.8) is 0 Å². The first-order valence-corrected chi connectivity index (χ1v) is 6.40. The second-order valence-corrected chi connectivity index (χ2v) is 5.40. The van der Waals surface area contributed by atoms with Crippen molar-refractivity contribution >= 4 is 44.1 Å². The van der Waals surface area contributed by atoms with Gasteiger partial charge in [-0.1, -0.05) is 42.0 Å². The highest BCUT2D eigenvalue weighted by Crippen LogP contribution is 2.27. The number of fused-ring (bicyclic) bond motifs is 3. The van der Waals surface area contributed by atoms with Crippen molar-refractivity contribution in [3.8, 4) is 0 Å². The molecule has 0 aliphatic carbocycles. The molecule has 78 valence electrons. The summed E-state index contributed by atoms with van der Waals surface area (Å²) < 4.78 is 1.29. The van der Waals surface area contributed by atoms with Crippen molar-refractivity contribution in [2.75, 3.05) is 0 Å². The van der Waals surface area contributed by atoms with Gasteiger partial charge >= 0.3 is 0 Å². The van der Waals surface area contributed by atoms with Crippen LogP contribution in [0.1, 0.15) is 5.56 Å². The van der Waals surface area contributed by atoms with Crippen LogP contribution in [-0.4, -0.2) is 0 Å². The van der Waals surface area contributed by atoms with Gasteiger partial charge in [-0.3, -0.25) is 0 Å². The van der Waals surface area contributed by atoms with E-state index in [4.69, 9.17) is 0 Å². The maximum atomic E-state index is 2.36. The highest BCUT2D eigenvalue weighted by molar-refractivity contribution is 14.1. The molecule has 0 saturated carbocycles. The fourth-order valence-electron chi connectivity index (χ4n) is 2.16. The molecule has 0 aliphatic rings. The molecule has 0 radical (unpaired) electrons. The van der Waals surface area contributed by atoms with E-state index in [0.717, 1.165) is 0 Å². The second-order valence-electron chi connectivity index (χ2n) is 4.16. The standard InChI is InChI=1S/C15H11I/c1-10-2-6-14-11(8-10)3-4-12-9-13(16)5-7-15(12)14/h2-9H,1H3. The van der Waals surface area contributed by atoms with E-state index in [1.807, 2.05) is 0 Å². The summed E-state index contributed by atoms with van der Waals surface area (Å²) in [6, 6.07) is 17.7. The molecule has 0 bridgehead atoms. The first-order valence-electron chi connectivity index (χ1n) is 5.33.